The molecule has 0 heterocycles. The number of carbonyl (C=O) groups excluding carboxylic acids is 1. The molecule has 0 aromatic heterocycles. The summed E-state index contributed by atoms with van der Waals surface area (Å²) in [7, 11) is -3.80. The van der Waals surface area contributed by atoms with Crippen LogP contribution in [0.25, 0.3) is 0 Å². The number of Topliss-reactive ketones (excluding diaryl/α,β-unsaturated/α-hetero) is 1. The van der Waals surface area contributed by atoms with Crippen LogP contribution in [0.3, 0.4) is 0 Å². The van der Waals surface area contributed by atoms with Crippen LogP contribution in [0.4, 0.5) is 5.69 Å². The third-order valence-corrected chi connectivity index (χ3v) is 5.82. The fourth-order valence-corrected chi connectivity index (χ4v) is 4.10. The van der Waals surface area contributed by atoms with Crippen LogP contribution in [-0.4, -0.2) is 14.2 Å². The van der Waals surface area contributed by atoms with Gasteiger partial charge in [-0.05, 0) is 35.9 Å². The topological polar surface area (TPSA) is 63.2 Å². The van der Waals surface area contributed by atoms with Gasteiger partial charge < -0.3 is 0 Å². The second-order valence-electron chi connectivity index (χ2n) is 5.69. The zero-order chi connectivity index (χ0) is 18.6. The van der Waals surface area contributed by atoms with Crippen molar-refractivity contribution in [3.63, 3.8) is 0 Å². The second kappa shape index (κ2) is 7.85. The summed E-state index contributed by atoms with van der Waals surface area (Å²) in [6.45, 7) is 0. The predicted octanol–water partition coefficient (Wildman–Crippen LogP) is 4.68. The summed E-state index contributed by atoms with van der Waals surface area (Å²) in [6, 6.07) is 22.2. The minimum Gasteiger partial charge on any atom is -0.294 e. The lowest BCUT2D eigenvalue weighted by Crippen LogP contribution is -2.16. The molecule has 0 amide bonds. The van der Waals surface area contributed by atoms with E-state index < -0.39 is 10.0 Å². The first-order valence-corrected chi connectivity index (χ1v) is 10.2. The van der Waals surface area contributed by atoms with E-state index in [-0.39, 0.29) is 17.1 Å². The number of nitrogens with one attached hydrogen (secondary N) is 1. The van der Waals surface area contributed by atoms with Crippen LogP contribution in [-0.2, 0) is 16.4 Å². The molecule has 6 heteroatoms. The number of hydrogen-bond donors (Lipinski definition) is 1. The smallest absolute Gasteiger partial charge is 0.262 e. The molecule has 3 aromatic rings. The van der Waals surface area contributed by atoms with Gasteiger partial charge in [0.15, 0.2) is 5.78 Å². The summed E-state index contributed by atoms with van der Waals surface area (Å²) in [6.07, 6.45) is 0.0153. The Morgan fingerprint density at radius 2 is 1.46 bits per heavy atom. The Bertz CT molecular complexity index is 1020. The lowest BCUT2D eigenvalue weighted by Gasteiger charge is -2.12. The van der Waals surface area contributed by atoms with Gasteiger partial charge in [-0.15, -0.1) is 0 Å². The Morgan fingerprint density at radius 1 is 0.846 bits per heavy atom. The highest BCUT2D eigenvalue weighted by atomic mass is 79.9. The second-order valence-corrected chi connectivity index (χ2v) is 8.25. The van der Waals surface area contributed by atoms with Crippen LogP contribution in [0.2, 0.25) is 0 Å². The summed E-state index contributed by atoms with van der Waals surface area (Å²) in [5, 5.41) is 0. The van der Waals surface area contributed by atoms with Crippen molar-refractivity contribution in [2.45, 2.75) is 11.3 Å². The molecule has 0 aliphatic heterocycles. The predicted molar refractivity (Wildman–Crippen MR) is 106 cm³/mol. The molecule has 26 heavy (non-hydrogen) atoms. The first kappa shape index (κ1) is 18.4. The van der Waals surface area contributed by atoms with E-state index in [0.29, 0.717) is 16.8 Å². The molecular weight excluding hydrogens is 414 g/mol. The fourth-order valence-electron chi connectivity index (χ4n) is 2.54. The van der Waals surface area contributed by atoms with Gasteiger partial charge in [0.25, 0.3) is 10.0 Å². The molecule has 132 valence electrons. The highest BCUT2D eigenvalue weighted by Crippen LogP contribution is 2.22. The Hall–Kier alpha value is -2.44. The minimum atomic E-state index is -3.80. The normalized spacial score (nSPS) is 11.1. The first-order chi connectivity index (χ1) is 12.5. The van der Waals surface area contributed by atoms with Gasteiger partial charge in [0.1, 0.15) is 0 Å². The summed E-state index contributed by atoms with van der Waals surface area (Å²) in [5.74, 6) is -0.128. The molecule has 0 aliphatic carbocycles. The van der Waals surface area contributed by atoms with Crippen molar-refractivity contribution in [1.82, 2.24) is 0 Å². The first-order valence-electron chi connectivity index (χ1n) is 7.90. The maximum absolute atomic E-state index is 12.8. The number of halogens is 1. The van der Waals surface area contributed by atoms with Crippen LogP contribution in [0.5, 0.6) is 0 Å². The SMILES string of the molecule is O=C(Cc1ccccc1S(=O)(=O)Nc1ccc(Br)cc1)c1ccccc1. The summed E-state index contributed by atoms with van der Waals surface area (Å²) < 4.78 is 29.0. The quantitative estimate of drug-likeness (QED) is 0.578. The van der Waals surface area contributed by atoms with Gasteiger partial charge in [-0.3, -0.25) is 9.52 Å². The molecule has 0 fully saturated rings. The van der Waals surface area contributed by atoms with E-state index in [1.807, 2.05) is 6.07 Å². The van der Waals surface area contributed by atoms with Gasteiger partial charge in [0.05, 0.1) is 4.90 Å². The molecule has 0 bridgehead atoms. The lowest BCUT2D eigenvalue weighted by molar-refractivity contribution is 0.0992. The highest BCUT2D eigenvalue weighted by molar-refractivity contribution is 9.10. The van der Waals surface area contributed by atoms with Gasteiger partial charge in [0.2, 0.25) is 0 Å². The van der Waals surface area contributed by atoms with Crippen molar-refractivity contribution in [1.29, 1.82) is 0 Å². The molecule has 0 radical (unpaired) electrons. The number of hydrogen-bond acceptors (Lipinski definition) is 3. The highest BCUT2D eigenvalue weighted by Gasteiger charge is 2.20. The summed E-state index contributed by atoms with van der Waals surface area (Å²) in [5.41, 5.74) is 1.48. The molecule has 0 saturated carbocycles. The van der Waals surface area contributed by atoms with Crippen LogP contribution in [0, 0.1) is 0 Å². The van der Waals surface area contributed by atoms with Crippen molar-refractivity contribution in [3.8, 4) is 0 Å². The third-order valence-electron chi connectivity index (χ3n) is 3.81. The van der Waals surface area contributed by atoms with Crippen molar-refractivity contribution in [2.75, 3.05) is 4.72 Å². The zero-order valence-corrected chi connectivity index (χ0v) is 16.1. The number of rotatable bonds is 6. The minimum absolute atomic E-state index is 0.0153. The standard InChI is InChI=1S/C20H16BrNO3S/c21-17-10-12-18(13-11-17)22-26(24,25)20-9-5-4-8-16(20)14-19(23)15-6-2-1-3-7-15/h1-13,22H,14H2. The summed E-state index contributed by atoms with van der Waals surface area (Å²) >= 11 is 3.32. The maximum atomic E-state index is 12.8. The van der Waals surface area contributed by atoms with Crippen molar-refractivity contribution in [3.05, 3.63) is 94.5 Å². The van der Waals surface area contributed by atoms with Crippen LogP contribution >= 0.6 is 15.9 Å². The zero-order valence-electron chi connectivity index (χ0n) is 13.7. The summed E-state index contributed by atoms with van der Waals surface area (Å²) in [4.78, 5) is 12.6. The van der Waals surface area contributed by atoms with Gasteiger partial charge >= 0.3 is 0 Å². The number of anilines is 1. The van der Waals surface area contributed by atoms with Gasteiger partial charge in [-0.25, -0.2) is 8.42 Å². The fraction of sp³-hybridized carbons (Fsp3) is 0.0500. The molecule has 1 N–H and O–H groups in total. The number of sulfonamides is 1. The van der Waals surface area contributed by atoms with E-state index in [0.717, 1.165) is 4.47 Å². The average molecular weight is 430 g/mol. The molecule has 3 rings (SSSR count). The maximum Gasteiger partial charge on any atom is 0.262 e. The molecular formula is C20H16BrNO3S. The van der Waals surface area contributed by atoms with E-state index in [9.17, 15) is 13.2 Å². The van der Waals surface area contributed by atoms with Gasteiger partial charge in [-0.2, -0.15) is 0 Å². The van der Waals surface area contributed by atoms with E-state index in [2.05, 4.69) is 20.7 Å². The molecule has 0 atom stereocenters. The van der Waals surface area contributed by atoms with Crippen LogP contribution < -0.4 is 4.72 Å². The van der Waals surface area contributed by atoms with Gasteiger partial charge in [-0.1, -0.05) is 64.5 Å². The Balaban J connectivity index is 1.88. The Morgan fingerprint density at radius 3 is 2.15 bits per heavy atom. The number of benzene rings is 3. The lowest BCUT2D eigenvalue weighted by atomic mass is 10.0. The van der Waals surface area contributed by atoms with Crippen molar-refractivity contribution in [2.24, 2.45) is 0 Å². The van der Waals surface area contributed by atoms with E-state index in [1.54, 1.807) is 66.7 Å². The molecule has 0 unspecified atom stereocenters. The van der Waals surface area contributed by atoms with Gasteiger partial charge in [0, 0.05) is 22.1 Å². The van der Waals surface area contributed by atoms with E-state index >= 15 is 0 Å². The molecule has 4 nitrogen and oxygen atoms in total. The molecule has 0 aliphatic rings. The van der Waals surface area contributed by atoms with Crippen molar-refractivity contribution < 1.29 is 13.2 Å². The molecule has 3 aromatic carbocycles. The Kier molecular flexibility index (Phi) is 5.54. The van der Waals surface area contributed by atoms with E-state index in [4.69, 9.17) is 0 Å². The Labute approximate surface area is 161 Å². The monoisotopic (exact) mass is 429 g/mol. The van der Waals surface area contributed by atoms with Crippen LogP contribution in [0.15, 0.2) is 88.2 Å². The number of ketones is 1. The largest absolute Gasteiger partial charge is 0.294 e. The third kappa shape index (κ3) is 4.39. The molecule has 0 saturated heterocycles. The number of carbonyl (C=O) groups is 1. The van der Waals surface area contributed by atoms with Crippen LogP contribution in [0.1, 0.15) is 15.9 Å². The van der Waals surface area contributed by atoms with Crippen molar-refractivity contribution >= 4 is 37.4 Å². The molecule has 0 spiro atoms. The van der Waals surface area contributed by atoms with E-state index in [1.165, 1.54) is 6.07 Å². The average Bonchev–Trinajstić information content (AvgIpc) is 2.64.